The first kappa shape index (κ1) is 16.5. The van der Waals surface area contributed by atoms with Gasteiger partial charge in [-0.2, -0.15) is 0 Å². The van der Waals surface area contributed by atoms with Gasteiger partial charge in [0.1, 0.15) is 19.3 Å². The summed E-state index contributed by atoms with van der Waals surface area (Å²) < 4.78 is 10.2. The highest BCUT2D eigenvalue weighted by atomic mass is 16.6. The molecule has 2 rings (SSSR count). The summed E-state index contributed by atoms with van der Waals surface area (Å²) in [6.07, 6.45) is -0.655. The zero-order chi connectivity index (χ0) is 16.5. The molecule has 2 aromatic carbocycles. The maximum absolute atomic E-state index is 11.8. The molecule has 0 aromatic heterocycles. The molecule has 0 spiro atoms. The van der Waals surface area contributed by atoms with Crippen LogP contribution in [0.25, 0.3) is 0 Å². The van der Waals surface area contributed by atoms with Crippen LogP contribution < -0.4 is 5.32 Å². The van der Waals surface area contributed by atoms with Gasteiger partial charge < -0.3 is 14.8 Å². The molecule has 23 heavy (non-hydrogen) atoms. The van der Waals surface area contributed by atoms with E-state index in [0.29, 0.717) is 0 Å². The highest BCUT2D eigenvalue weighted by Gasteiger charge is 2.17. The lowest BCUT2D eigenvalue weighted by Crippen LogP contribution is -2.39. The number of ether oxygens (including phenoxy) is 2. The van der Waals surface area contributed by atoms with Crippen molar-refractivity contribution < 1.29 is 19.1 Å². The van der Waals surface area contributed by atoms with Gasteiger partial charge in [-0.15, -0.1) is 0 Å². The number of carbonyl (C=O) groups is 2. The van der Waals surface area contributed by atoms with Crippen molar-refractivity contribution in [2.24, 2.45) is 0 Å². The quantitative estimate of drug-likeness (QED) is 0.833. The summed E-state index contributed by atoms with van der Waals surface area (Å²) in [7, 11) is 0. The Morgan fingerprint density at radius 1 is 0.870 bits per heavy atom. The van der Waals surface area contributed by atoms with E-state index >= 15 is 0 Å². The minimum Gasteiger partial charge on any atom is -0.459 e. The molecule has 120 valence electrons. The van der Waals surface area contributed by atoms with Crippen LogP contribution in [0.1, 0.15) is 18.1 Å². The van der Waals surface area contributed by atoms with Crippen molar-refractivity contribution in [3.63, 3.8) is 0 Å². The Balaban J connectivity index is 1.71. The Bertz CT molecular complexity index is 628. The number of alkyl carbamates (subject to hydrolysis) is 1. The second-order valence-corrected chi connectivity index (χ2v) is 5.02. The van der Waals surface area contributed by atoms with Crippen molar-refractivity contribution >= 4 is 12.1 Å². The summed E-state index contributed by atoms with van der Waals surface area (Å²) in [5, 5.41) is 2.45. The fourth-order valence-corrected chi connectivity index (χ4v) is 1.85. The van der Waals surface area contributed by atoms with E-state index in [1.165, 1.54) is 0 Å². The molecule has 0 fully saturated rings. The summed E-state index contributed by atoms with van der Waals surface area (Å²) in [5.41, 5.74) is 1.77. The van der Waals surface area contributed by atoms with Crippen LogP contribution in [0, 0.1) is 0 Å². The highest BCUT2D eigenvalue weighted by Crippen LogP contribution is 2.03. The van der Waals surface area contributed by atoms with Crippen LogP contribution in [0.2, 0.25) is 0 Å². The first-order valence-electron chi connectivity index (χ1n) is 7.33. The third-order valence-electron chi connectivity index (χ3n) is 3.12. The first-order valence-corrected chi connectivity index (χ1v) is 7.33. The van der Waals surface area contributed by atoms with Crippen LogP contribution >= 0.6 is 0 Å². The van der Waals surface area contributed by atoms with Gasteiger partial charge >= 0.3 is 12.1 Å². The molecule has 5 nitrogen and oxygen atoms in total. The Labute approximate surface area is 135 Å². The van der Waals surface area contributed by atoms with Crippen molar-refractivity contribution in [2.75, 3.05) is 0 Å². The Kier molecular flexibility index (Phi) is 6.17. The van der Waals surface area contributed by atoms with E-state index < -0.39 is 18.1 Å². The van der Waals surface area contributed by atoms with Crippen LogP contribution in [-0.4, -0.2) is 18.1 Å². The summed E-state index contributed by atoms with van der Waals surface area (Å²) in [6, 6.07) is 17.9. The molecule has 1 amide bonds. The molecule has 1 N–H and O–H groups in total. The van der Waals surface area contributed by atoms with Crippen molar-refractivity contribution in [3.8, 4) is 0 Å². The van der Waals surface area contributed by atoms with E-state index in [4.69, 9.17) is 9.47 Å². The van der Waals surface area contributed by atoms with Gasteiger partial charge in [-0.25, -0.2) is 9.59 Å². The Morgan fingerprint density at radius 2 is 1.35 bits per heavy atom. The fraction of sp³-hybridized carbons (Fsp3) is 0.222. The number of nitrogens with one attached hydrogen (secondary N) is 1. The maximum Gasteiger partial charge on any atom is 0.408 e. The SMILES string of the molecule is CC(NC(=O)OCc1ccccc1)C(=O)OCc1ccccc1. The van der Waals surface area contributed by atoms with Gasteiger partial charge in [0.05, 0.1) is 0 Å². The fourth-order valence-electron chi connectivity index (χ4n) is 1.85. The second-order valence-electron chi connectivity index (χ2n) is 5.02. The topological polar surface area (TPSA) is 64.6 Å². The second kappa shape index (κ2) is 8.58. The third kappa shape index (κ3) is 5.82. The van der Waals surface area contributed by atoms with E-state index in [9.17, 15) is 9.59 Å². The monoisotopic (exact) mass is 313 g/mol. The van der Waals surface area contributed by atoms with Gasteiger partial charge in [0.15, 0.2) is 0 Å². The lowest BCUT2D eigenvalue weighted by Gasteiger charge is -2.13. The normalized spacial score (nSPS) is 11.3. The van der Waals surface area contributed by atoms with Crippen LogP contribution in [0.5, 0.6) is 0 Å². The van der Waals surface area contributed by atoms with E-state index in [2.05, 4.69) is 5.32 Å². The minimum absolute atomic E-state index is 0.151. The zero-order valence-electron chi connectivity index (χ0n) is 12.9. The molecule has 0 bridgehead atoms. The first-order chi connectivity index (χ1) is 11.1. The molecular formula is C18H19NO4. The molecule has 1 atom stereocenters. The predicted molar refractivity (Wildman–Crippen MR) is 85.5 cm³/mol. The molecule has 1 unspecified atom stereocenters. The number of amides is 1. The number of hydrogen-bond acceptors (Lipinski definition) is 4. The van der Waals surface area contributed by atoms with E-state index in [1.807, 2.05) is 60.7 Å². The van der Waals surface area contributed by atoms with E-state index in [0.717, 1.165) is 11.1 Å². The third-order valence-corrected chi connectivity index (χ3v) is 3.12. The smallest absolute Gasteiger partial charge is 0.408 e. The lowest BCUT2D eigenvalue weighted by molar-refractivity contribution is -0.146. The molecule has 0 heterocycles. The van der Waals surface area contributed by atoms with Crippen LogP contribution in [0.4, 0.5) is 4.79 Å². The van der Waals surface area contributed by atoms with Crippen LogP contribution in [0.15, 0.2) is 60.7 Å². The van der Waals surface area contributed by atoms with Crippen molar-refractivity contribution in [1.82, 2.24) is 5.32 Å². The van der Waals surface area contributed by atoms with Crippen molar-refractivity contribution in [1.29, 1.82) is 0 Å². The summed E-state index contributed by atoms with van der Waals surface area (Å²) in [5.74, 6) is -0.509. The average molecular weight is 313 g/mol. The molecular weight excluding hydrogens is 294 g/mol. The molecule has 5 heteroatoms. The van der Waals surface area contributed by atoms with Crippen LogP contribution in [-0.2, 0) is 27.5 Å². The molecule has 0 aliphatic heterocycles. The lowest BCUT2D eigenvalue weighted by atomic mass is 10.2. The Hall–Kier alpha value is -2.82. The van der Waals surface area contributed by atoms with Gasteiger partial charge in [-0.05, 0) is 18.1 Å². The number of carbonyl (C=O) groups excluding carboxylic acids is 2. The average Bonchev–Trinajstić information content (AvgIpc) is 2.59. The van der Waals surface area contributed by atoms with Gasteiger partial charge in [-0.3, -0.25) is 0 Å². The van der Waals surface area contributed by atoms with E-state index in [-0.39, 0.29) is 13.2 Å². The molecule has 2 aromatic rings. The molecule has 0 aliphatic carbocycles. The van der Waals surface area contributed by atoms with Crippen molar-refractivity contribution in [2.45, 2.75) is 26.2 Å². The number of rotatable bonds is 6. The molecule has 0 saturated carbocycles. The van der Waals surface area contributed by atoms with Crippen molar-refractivity contribution in [3.05, 3.63) is 71.8 Å². The summed E-state index contributed by atoms with van der Waals surface area (Å²) in [6.45, 7) is 1.88. The van der Waals surface area contributed by atoms with Gasteiger partial charge in [0.2, 0.25) is 0 Å². The standard InChI is InChI=1S/C18H19NO4/c1-14(17(20)22-12-15-8-4-2-5-9-15)19-18(21)23-13-16-10-6-3-7-11-16/h2-11,14H,12-13H2,1H3,(H,19,21). The molecule has 0 saturated heterocycles. The van der Waals surface area contributed by atoms with Gasteiger partial charge in [0, 0.05) is 0 Å². The maximum atomic E-state index is 11.8. The number of esters is 1. The Morgan fingerprint density at radius 3 is 1.87 bits per heavy atom. The number of benzene rings is 2. The molecule has 0 aliphatic rings. The van der Waals surface area contributed by atoms with E-state index in [1.54, 1.807) is 6.92 Å². The molecule has 0 radical (unpaired) electrons. The summed E-state index contributed by atoms with van der Waals surface area (Å²) >= 11 is 0. The number of hydrogen-bond donors (Lipinski definition) is 1. The highest BCUT2D eigenvalue weighted by molar-refractivity contribution is 5.80. The van der Waals surface area contributed by atoms with Gasteiger partial charge in [-0.1, -0.05) is 60.7 Å². The predicted octanol–water partition coefficient (Wildman–Crippen LogP) is 3.04. The minimum atomic E-state index is -0.776. The van der Waals surface area contributed by atoms with Crippen LogP contribution in [0.3, 0.4) is 0 Å². The zero-order valence-corrected chi connectivity index (χ0v) is 12.9. The largest absolute Gasteiger partial charge is 0.459 e. The van der Waals surface area contributed by atoms with Gasteiger partial charge in [0.25, 0.3) is 0 Å². The summed E-state index contributed by atoms with van der Waals surface area (Å²) in [4.78, 5) is 23.5.